The van der Waals surface area contributed by atoms with Crippen LogP contribution in [0, 0.1) is 19.7 Å². The number of anilines is 1. The summed E-state index contributed by atoms with van der Waals surface area (Å²) in [6, 6.07) is 10.3. The van der Waals surface area contributed by atoms with Gasteiger partial charge < -0.3 is 23.8 Å². The third-order valence-corrected chi connectivity index (χ3v) is 9.15. The summed E-state index contributed by atoms with van der Waals surface area (Å²) in [6.45, 7) is 10.6. The van der Waals surface area contributed by atoms with E-state index in [0.717, 1.165) is 41.8 Å². The number of aromatic nitrogens is 3. The summed E-state index contributed by atoms with van der Waals surface area (Å²) in [5.41, 5.74) is 3.84. The molecule has 0 unspecified atom stereocenters. The quantitative estimate of drug-likeness (QED) is 0.233. The van der Waals surface area contributed by atoms with Crippen LogP contribution in [0.25, 0.3) is 22.2 Å². The maximum Gasteiger partial charge on any atom is 0.339 e. The number of carbonyl (C=O) groups excluding carboxylic acids is 2. The Balaban J connectivity index is 1.29. The Morgan fingerprint density at radius 1 is 1.13 bits per heavy atom. The second-order valence-corrected chi connectivity index (χ2v) is 12.9. The maximum absolute atomic E-state index is 14.4. The smallest absolute Gasteiger partial charge is 0.339 e. The third kappa shape index (κ3) is 5.89. The SMILES string of the molecule is COC(=O)c1c(C)cc(N2CCN(C(=O)c3ccc4c(-c5ccc(Cl)c(F)c5)cn(C[C@H]5CCCO5)c4n3)C(C)(C)C2)nc1C. The number of halogens is 2. The maximum atomic E-state index is 14.4. The van der Waals surface area contributed by atoms with Crippen LogP contribution in [0.1, 0.15) is 58.8 Å². The van der Waals surface area contributed by atoms with Crippen LogP contribution in [-0.4, -0.2) is 76.3 Å². The van der Waals surface area contributed by atoms with Crippen LogP contribution in [0.3, 0.4) is 0 Å². The largest absolute Gasteiger partial charge is 0.465 e. The van der Waals surface area contributed by atoms with E-state index in [0.29, 0.717) is 54.3 Å². The molecule has 236 valence electrons. The number of ether oxygens (including phenoxy) is 2. The number of pyridine rings is 2. The molecule has 11 heteroatoms. The fraction of sp³-hybridized carbons (Fsp3) is 0.412. The number of aryl methyl sites for hydroxylation is 2. The van der Waals surface area contributed by atoms with Crippen molar-refractivity contribution in [1.29, 1.82) is 0 Å². The Labute approximate surface area is 266 Å². The fourth-order valence-corrected chi connectivity index (χ4v) is 6.69. The van der Waals surface area contributed by atoms with Crippen molar-refractivity contribution < 1.29 is 23.5 Å². The first kappa shape index (κ1) is 31.0. The van der Waals surface area contributed by atoms with Crippen molar-refractivity contribution in [3.8, 4) is 11.1 Å². The molecule has 2 aliphatic rings. The minimum absolute atomic E-state index is 0.0474. The normalized spacial score (nSPS) is 18.1. The molecule has 0 spiro atoms. The number of carbonyl (C=O) groups is 2. The molecule has 5 heterocycles. The molecule has 0 aliphatic carbocycles. The highest BCUT2D eigenvalue weighted by molar-refractivity contribution is 6.30. The molecular formula is C34H37ClFN5O4. The summed E-state index contributed by atoms with van der Waals surface area (Å²) < 4.78 is 27.3. The Morgan fingerprint density at radius 2 is 1.93 bits per heavy atom. The summed E-state index contributed by atoms with van der Waals surface area (Å²) in [6.07, 6.45) is 3.95. The predicted molar refractivity (Wildman–Crippen MR) is 171 cm³/mol. The number of amides is 1. The van der Waals surface area contributed by atoms with E-state index in [1.165, 1.54) is 13.2 Å². The zero-order valence-electron chi connectivity index (χ0n) is 26.2. The first-order valence-electron chi connectivity index (χ1n) is 15.2. The topological polar surface area (TPSA) is 89.8 Å². The van der Waals surface area contributed by atoms with E-state index < -0.39 is 17.3 Å². The van der Waals surface area contributed by atoms with Gasteiger partial charge in [0.05, 0.1) is 41.6 Å². The van der Waals surface area contributed by atoms with Crippen molar-refractivity contribution in [3.63, 3.8) is 0 Å². The minimum atomic E-state index is -0.540. The van der Waals surface area contributed by atoms with E-state index in [-0.39, 0.29) is 17.0 Å². The van der Waals surface area contributed by atoms with E-state index in [9.17, 15) is 14.0 Å². The molecule has 9 nitrogen and oxygen atoms in total. The molecular weight excluding hydrogens is 597 g/mol. The molecule has 1 amide bonds. The van der Waals surface area contributed by atoms with Crippen LogP contribution in [0.5, 0.6) is 0 Å². The van der Waals surface area contributed by atoms with Crippen LogP contribution < -0.4 is 4.90 Å². The van der Waals surface area contributed by atoms with Crippen molar-refractivity contribution in [1.82, 2.24) is 19.4 Å². The number of benzene rings is 1. The first-order chi connectivity index (χ1) is 21.5. The zero-order valence-corrected chi connectivity index (χ0v) is 26.9. The molecule has 0 radical (unpaired) electrons. The van der Waals surface area contributed by atoms with E-state index in [4.69, 9.17) is 31.0 Å². The molecule has 3 aromatic heterocycles. The van der Waals surface area contributed by atoms with Gasteiger partial charge in [-0.3, -0.25) is 4.79 Å². The Bertz CT molecular complexity index is 1780. The van der Waals surface area contributed by atoms with Gasteiger partial charge >= 0.3 is 5.97 Å². The summed E-state index contributed by atoms with van der Waals surface area (Å²) in [4.78, 5) is 39.9. The van der Waals surface area contributed by atoms with Crippen molar-refractivity contribution in [3.05, 3.63) is 75.9 Å². The molecule has 0 N–H and O–H groups in total. The molecule has 2 fully saturated rings. The molecule has 45 heavy (non-hydrogen) atoms. The molecule has 1 aromatic carbocycles. The summed E-state index contributed by atoms with van der Waals surface area (Å²) in [5, 5.41) is 0.886. The Hall–Kier alpha value is -4.02. The van der Waals surface area contributed by atoms with E-state index >= 15 is 0 Å². The van der Waals surface area contributed by atoms with Crippen molar-refractivity contribution in [2.75, 3.05) is 38.3 Å². The number of hydrogen-bond donors (Lipinski definition) is 0. The molecule has 1 atom stereocenters. The molecule has 4 aromatic rings. The predicted octanol–water partition coefficient (Wildman–Crippen LogP) is 6.21. The lowest BCUT2D eigenvalue weighted by Gasteiger charge is -2.47. The summed E-state index contributed by atoms with van der Waals surface area (Å²) in [7, 11) is 1.36. The number of fused-ring (bicyclic) bond motifs is 1. The monoisotopic (exact) mass is 633 g/mol. The lowest BCUT2D eigenvalue weighted by Crippen LogP contribution is -2.61. The molecule has 0 bridgehead atoms. The average molecular weight is 634 g/mol. The van der Waals surface area contributed by atoms with Gasteiger partial charge in [0, 0.05) is 43.4 Å². The summed E-state index contributed by atoms with van der Waals surface area (Å²) >= 11 is 5.96. The highest BCUT2D eigenvalue weighted by Gasteiger charge is 2.38. The Morgan fingerprint density at radius 3 is 2.60 bits per heavy atom. The van der Waals surface area contributed by atoms with Gasteiger partial charge in [0.2, 0.25) is 0 Å². The standard InChI is InChI=1S/C34H37ClFN5O4/c1-20-15-29(37-21(2)30(20)33(43)44-5)39-12-13-41(34(3,4)19-39)32(42)28-11-9-24-25(22-8-10-26(35)27(36)16-22)18-40(31(24)38-28)17-23-7-6-14-45-23/h8-11,15-16,18,23H,6-7,12-14,17,19H2,1-5H3/t23-/m1/s1. The van der Waals surface area contributed by atoms with Crippen LogP contribution in [-0.2, 0) is 16.0 Å². The number of piperazine rings is 1. The number of esters is 1. The van der Waals surface area contributed by atoms with Crippen molar-refractivity contribution >= 4 is 40.3 Å². The molecule has 2 aliphatic heterocycles. The van der Waals surface area contributed by atoms with Crippen LogP contribution >= 0.6 is 11.6 Å². The van der Waals surface area contributed by atoms with Gasteiger partial charge in [-0.15, -0.1) is 0 Å². The number of nitrogens with zero attached hydrogens (tertiary/aromatic N) is 5. The van der Waals surface area contributed by atoms with Crippen LogP contribution in [0.2, 0.25) is 5.02 Å². The van der Waals surface area contributed by atoms with Crippen LogP contribution in [0.15, 0.2) is 42.6 Å². The minimum Gasteiger partial charge on any atom is -0.465 e. The van der Waals surface area contributed by atoms with Crippen molar-refractivity contribution in [2.45, 2.75) is 58.7 Å². The molecule has 2 saturated heterocycles. The van der Waals surface area contributed by atoms with Gasteiger partial charge in [0.1, 0.15) is 23.0 Å². The van der Waals surface area contributed by atoms with Crippen molar-refractivity contribution in [2.24, 2.45) is 0 Å². The zero-order chi connectivity index (χ0) is 32.0. The summed E-state index contributed by atoms with van der Waals surface area (Å²) in [5.74, 6) is -0.295. The van der Waals surface area contributed by atoms with Gasteiger partial charge in [0.25, 0.3) is 5.91 Å². The van der Waals surface area contributed by atoms with Gasteiger partial charge in [-0.05, 0) is 82.0 Å². The molecule has 6 rings (SSSR count). The van der Waals surface area contributed by atoms with E-state index in [1.807, 2.05) is 48.6 Å². The van der Waals surface area contributed by atoms with Gasteiger partial charge in [-0.1, -0.05) is 17.7 Å². The second kappa shape index (κ2) is 12.1. The first-order valence-corrected chi connectivity index (χ1v) is 15.5. The Kier molecular flexibility index (Phi) is 8.30. The second-order valence-electron chi connectivity index (χ2n) is 12.5. The van der Waals surface area contributed by atoms with E-state index in [1.54, 1.807) is 25.1 Å². The number of methoxy groups -OCH3 is 1. The lowest BCUT2D eigenvalue weighted by atomic mass is 9.97. The third-order valence-electron chi connectivity index (χ3n) is 8.84. The number of hydrogen-bond acceptors (Lipinski definition) is 7. The van der Waals surface area contributed by atoms with Gasteiger partial charge in [-0.25, -0.2) is 19.2 Å². The highest BCUT2D eigenvalue weighted by atomic mass is 35.5. The highest BCUT2D eigenvalue weighted by Crippen LogP contribution is 2.34. The van der Waals surface area contributed by atoms with Gasteiger partial charge in [-0.2, -0.15) is 0 Å². The average Bonchev–Trinajstić information content (AvgIpc) is 3.65. The number of rotatable bonds is 6. The fourth-order valence-electron chi connectivity index (χ4n) is 6.57. The molecule has 0 saturated carbocycles. The van der Waals surface area contributed by atoms with E-state index in [2.05, 4.69) is 4.90 Å². The van der Waals surface area contributed by atoms with Crippen LogP contribution in [0.4, 0.5) is 10.2 Å². The van der Waals surface area contributed by atoms with Gasteiger partial charge in [0.15, 0.2) is 0 Å². The lowest BCUT2D eigenvalue weighted by molar-refractivity contribution is 0.0506.